The van der Waals surface area contributed by atoms with Crippen molar-refractivity contribution < 1.29 is 9.72 Å². The summed E-state index contributed by atoms with van der Waals surface area (Å²) in [5.41, 5.74) is 6.74. The van der Waals surface area contributed by atoms with E-state index in [9.17, 15) is 14.9 Å². The second-order valence-electron chi connectivity index (χ2n) is 4.09. The minimum absolute atomic E-state index is 0.0105. The molecule has 1 aromatic carbocycles. The summed E-state index contributed by atoms with van der Waals surface area (Å²) < 4.78 is 0. The van der Waals surface area contributed by atoms with E-state index in [1.54, 1.807) is 6.92 Å². The molecule has 0 aliphatic heterocycles. The molecule has 0 saturated heterocycles. The van der Waals surface area contributed by atoms with Crippen molar-refractivity contribution in [3.8, 4) is 0 Å². The van der Waals surface area contributed by atoms with Gasteiger partial charge in [-0.05, 0) is 25.0 Å². The molecule has 0 aliphatic carbocycles. The normalized spacial score (nSPS) is 11.9. The molecular formula is C12H17N3O3. The number of nitro groups is 1. The second kappa shape index (κ2) is 6.11. The van der Waals surface area contributed by atoms with Gasteiger partial charge in [-0.25, -0.2) is 0 Å². The van der Waals surface area contributed by atoms with Crippen molar-refractivity contribution in [2.24, 2.45) is 11.7 Å². The highest BCUT2D eigenvalue weighted by Gasteiger charge is 2.16. The van der Waals surface area contributed by atoms with Crippen LogP contribution in [0.5, 0.6) is 0 Å². The van der Waals surface area contributed by atoms with Gasteiger partial charge in [-0.1, -0.05) is 6.92 Å². The minimum atomic E-state index is -0.465. The Labute approximate surface area is 105 Å². The Morgan fingerprint density at radius 3 is 2.67 bits per heavy atom. The van der Waals surface area contributed by atoms with Gasteiger partial charge in [0, 0.05) is 24.4 Å². The Morgan fingerprint density at radius 2 is 2.22 bits per heavy atom. The molecule has 1 rings (SSSR count). The van der Waals surface area contributed by atoms with Crippen molar-refractivity contribution in [1.29, 1.82) is 0 Å². The molecule has 0 aliphatic rings. The number of aryl methyl sites for hydroxylation is 1. The van der Waals surface area contributed by atoms with Crippen LogP contribution in [0.25, 0.3) is 0 Å². The average Bonchev–Trinajstić information content (AvgIpc) is 2.33. The van der Waals surface area contributed by atoms with Crippen LogP contribution >= 0.6 is 0 Å². The molecule has 1 aromatic rings. The third kappa shape index (κ3) is 3.27. The summed E-state index contributed by atoms with van der Waals surface area (Å²) in [5.74, 6) is -0.392. The van der Waals surface area contributed by atoms with Crippen LogP contribution in [0.3, 0.4) is 0 Å². The molecule has 6 nitrogen and oxygen atoms in total. The summed E-state index contributed by atoms with van der Waals surface area (Å²) in [5, 5.41) is 13.3. The number of carbonyl (C=O) groups is 1. The third-order valence-corrected chi connectivity index (χ3v) is 2.83. The Hall–Kier alpha value is -1.95. The quantitative estimate of drug-likeness (QED) is 0.616. The van der Waals surface area contributed by atoms with Crippen LogP contribution in [0.15, 0.2) is 18.2 Å². The average molecular weight is 251 g/mol. The molecule has 0 fully saturated rings. The number of nitrogens with zero attached hydrogens (tertiary/aromatic N) is 1. The first-order valence-electron chi connectivity index (χ1n) is 5.75. The van der Waals surface area contributed by atoms with Gasteiger partial charge in [-0.3, -0.25) is 14.9 Å². The van der Waals surface area contributed by atoms with E-state index in [1.807, 2.05) is 6.92 Å². The molecule has 0 bridgehead atoms. The van der Waals surface area contributed by atoms with E-state index in [-0.39, 0.29) is 24.1 Å². The monoisotopic (exact) mass is 251 g/mol. The first kappa shape index (κ1) is 14.1. The maximum atomic E-state index is 11.8. The zero-order valence-electron chi connectivity index (χ0n) is 10.5. The minimum Gasteiger partial charge on any atom is -0.330 e. The van der Waals surface area contributed by atoms with Crippen LogP contribution in [-0.4, -0.2) is 17.4 Å². The maximum Gasteiger partial charge on any atom is 0.269 e. The lowest BCUT2D eigenvalue weighted by molar-refractivity contribution is -0.384. The third-order valence-electron chi connectivity index (χ3n) is 2.83. The van der Waals surface area contributed by atoms with Gasteiger partial charge in [0.05, 0.1) is 10.8 Å². The number of nitro benzene ring substituents is 1. The molecule has 1 unspecified atom stereocenters. The van der Waals surface area contributed by atoms with Crippen molar-refractivity contribution in [1.82, 2.24) is 0 Å². The Bertz CT molecular complexity index is 456. The van der Waals surface area contributed by atoms with Crippen LogP contribution in [0, 0.1) is 23.0 Å². The maximum absolute atomic E-state index is 11.8. The number of nitrogens with one attached hydrogen (secondary N) is 1. The molecule has 18 heavy (non-hydrogen) atoms. The van der Waals surface area contributed by atoms with Crippen molar-refractivity contribution >= 4 is 17.3 Å². The predicted molar refractivity (Wildman–Crippen MR) is 69.3 cm³/mol. The highest BCUT2D eigenvalue weighted by atomic mass is 16.6. The summed E-state index contributed by atoms with van der Waals surface area (Å²) in [4.78, 5) is 21.9. The fourth-order valence-corrected chi connectivity index (χ4v) is 1.60. The fraction of sp³-hybridized carbons (Fsp3) is 0.417. The van der Waals surface area contributed by atoms with Crippen LogP contribution in [0.1, 0.15) is 18.9 Å². The SMILES string of the molecule is CCC(CN)C(=O)Nc1ccc([N+](=O)[O-])cc1C. The van der Waals surface area contributed by atoms with Crippen molar-refractivity contribution in [2.45, 2.75) is 20.3 Å². The second-order valence-corrected chi connectivity index (χ2v) is 4.09. The summed E-state index contributed by atoms with van der Waals surface area (Å²) >= 11 is 0. The van der Waals surface area contributed by atoms with E-state index in [4.69, 9.17) is 5.73 Å². The molecule has 1 amide bonds. The highest BCUT2D eigenvalue weighted by Crippen LogP contribution is 2.21. The van der Waals surface area contributed by atoms with Gasteiger partial charge in [0.25, 0.3) is 5.69 Å². The molecule has 3 N–H and O–H groups in total. The van der Waals surface area contributed by atoms with Gasteiger partial charge in [0.15, 0.2) is 0 Å². The molecule has 0 heterocycles. The summed E-state index contributed by atoms with van der Waals surface area (Å²) in [6.45, 7) is 3.89. The zero-order valence-corrected chi connectivity index (χ0v) is 10.5. The zero-order chi connectivity index (χ0) is 13.7. The van der Waals surface area contributed by atoms with Crippen molar-refractivity contribution in [3.05, 3.63) is 33.9 Å². The lowest BCUT2D eigenvalue weighted by atomic mass is 10.1. The molecule has 1 atom stereocenters. The molecular weight excluding hydrogens is 234 g/mol. The van der Waals surface area contributed by atoms with Crippen molar-refractivity contribution in [3.63, 3.8) is 0 Å². The van der Waals surface area contributed by atoms with Crippen LogP contribution in [-0.2, 0) is 4.79 Å². The van der Waals surface area contributed by atoms with E-state index in [2.05, 4.69) is 5.32 Å². The van der Waals surface area contributed by atoms with E-state index >= 15 is 0 Å². The van der Waals surface area contributed by atoms with E-state index in [0.717, 1.165) is 0 Å². The lowest BCUT2D eigenvalue weighted by Gasteiger charge is -2.14. The number of benzene rings is 1. The number of hydrogen-bond donors (Lipinski definition) is 2. The van der Waals surface area contributed by atoms with Gasteiger partial charge in [0.2, 0.25) is 5.91 Å². The largest absolute Gasteiger partial charge is 0.330 e. The topological polar surface area (TPSA) is 98.3 Å². The Kier molecular flexibility index (Phi) is 4.79. The van der Waals surface area contributed by atoms with E-state index < -0.39 is 4.92 Å². The summed E-state index contributed by atoms with van der Waals surface area (Å²) in [7, 11) is 0. The van der Waals surface area contributed by atoms with Crippen LogP contribution < -0.4 is 11.1 Å². The number of nitrogens with two attached hydrogens (primary N) is 1. The molecule has 98 valence electrons. The number of anilines is 1. The smallest absolute Gasteiger partial charge is 0.269 e. The first-order chi connectivity index (χ1) is 8.49. The molecule has 0 spiro atoms. The van der Waals surface area contributed by atoms with Gasteiger partial charge >= 0.3 is 0 Å². The standard InChI is InChI=1S/C12H17N3O3/c1-3-9(7-13)12(16)14-11-5-4-10(15(17)18)6-8(11)2/h4-6,9H,3,7,13H2,1-2H3,(H,14,16). The number of carbonyl (C=O) groups excluding carboxylic acids is 1. The van der Waals surface area contributed by atoms with Gasteiger partial charge < -0.3 is 11.1 Å². The first-order valence-corrected chi connectivity index (χ1v) is 5.75. The Balaban J connectivity index is 2.86. The van der Waals surface area contributed by atoms with E-state index in [0.29, 0.717) is 17.7 Å². The molecule has 6 heteroatoms. The lowest BCUT2D eigenvalue weighted by Crippen LogP contribution is -2.28. The number of amides is 1. The van der Waals surface area contributed by atoms with Gasteiger partial charge in [-0.2, -0.15) is 0 Å². The summed E-state index contributed by atoms with van der Waals surface area (Å²) in [6.07, 6.45) is 0.661. The Morgan fingerprint density at radius 1 is 1.56 bits per heavy atom. The van der Waals surface area contributed by atoms with Gasteiger partial charge in [-0.15, -0.1) is 0 Å². The van der Waals surface area contributed by atoms with Crippen LogP contribution in [0.2, 0.25) is 0 Å². The molecule has 0 radical (unpaired) electrons. The van der Waals surface area contributed by atoms with Crippen LogP contribution in [0.4, 0.5) is 11.4 Å². The molecule has 0 aromatic heterocycles. The number of non-ortho nitro benzene ring substituents is 1. The number of hydrogen-bond acceptors (Lipinski definition) is 4. The fourth-order valence-electron chi connectivity index (χ4n) is 1.60. The molecule has 0 saturated carbocycles. The summed E-state index contributed by atoms with van der Waals surface area (Å²) in [6, 6.07) is 4.33. The van der Waals surface area contributed by atoms with E-state index in [1.165, 1.54) is 18.2 Å². The van der Waals surface area contributed by atoms with Gasteiger partial charge in [0.1, 0.15) is 0 Å². The number of rotatable bonds is 5. The predicted octanol–water partition coefficient (Wildman–Crippen LogP) is 1.83. The highest BCUT2D eigenvalue weighted by molar-refractivity contribution is 5.93. The van der Waals surface area contributed by atoms with Crippen molar-refractivity contribution in [2.75, 3.05) is 11.9 Å².